The third-order valence-corrected chi connectivity index (χ3v) is 3.53. The summed E-state index contributed by atoms with van der Waals surface area (Å²) in [4.78, 5) is 0. The largest absolute Gasteiger partial charge is 0.271 e. The Kier molecular flexibility index (Phi) is 4.51. The van der Waals surface area contributed by atoms with Gasteiger partial charge in [0.2, 0.25) is 0 Å². The highest BCUT2D eigenvalue weighted by atomic mass is 15.2. The van der Waals surface area contributed by atoms with Gasteiger partial charge >= 0.3 is 0 Å². The first-order chi connectivity index (χ1) is 7.47. The standard InChI is InChI=1S/C14H24N2/c1-9(2)12(5)14(16-15)13-8-10(3)6-7-11(13)4/h6-9,12,14,16H,15H2,1-5H3. The number of hydrogen-bond acceptors (Lipinski definition) is 2. The first-order valence-electron chi connectivity index (χ1n) is 6.00. The van der Waals surface area contributed by atoms with E-state index in [1.807, 2.05) is 0 Å². The average Bonchev–Trinajstić information content (AvgIpc) is 2.23. The molecule has 0 aromatic heterocycles. The van der Waals surface area contributed by atoms with Gasteiger partial charge in [-0.3, -0.25) is 11.3 Å². The molecule has 1 aromatic carbocycles. The maximum absolute atomic E-state index is 5.71. The zero-order valence-corrected chi connectivity index (χ0v) is 11.0. The molecule has 2 heteroatoms. The van der Waals surface area contributed by atoms with Crippen molar-refractivity contribution < 1.29 is 0 Å². The van der Waals surface area contributed by atoms with E-state index in [4.69, 9.17) is 5.84 Å². The van der Waals surface area contributed by atoms with Crippen LogP contribution >= 0.6 is 0 Å². The normalized spacial score (nSPS) is 15.2. The van der Waals surface area contributed by atoms with E-state index in [0.29, 0.717) is 11.8 Å². The van der Waals surface area contributed by atoms with Gasteiger partial charge in [-0.15, -0.1) is 0 Å². The lowest BCUT2D eigenvalue weighted by Crippen LogP contribution is -2.35. The molecule has 1 rings (SSSR count). The van der Waals surface area contributed by atoms with Crippen LogP contribution in [0.1, 0.15) is 43.5 Å². The fraction of sp³-hybridized carbons (Fsp3) is 0.571. The number of aryl methyl sites for hydroxylation is 2. The number of benzene rings is 1. The van der Waals surface area contributed by atoms with Gasteiger partial charge in [-0.25, -0.2) is 0 Å². The lowest BCUT2D eigenvalue weighted by Gasteiger charge is -2.28. The van der Waals surface area contributed by atoms with Gasteiger partial charge in [-0.2, -0.15) is 0 Å². The predicted octanol–water partition coefficient (Wildman–Crippen LogP) is 3.10. The maximum Gasteiger partial charge on any atom is 0.0490 e. The Morgan fingerprint density at radius 3 is 2.25 bits per heavy atom. The summed E-state index contributed by atoms with van der Waals surface area (Å²) in [7, 11) is 0. The molecule has 1 aromatic rings. The summed E-state index contributed by atoms with van der Waals surface area (Å²) < 4.78 is 0. The van der Waals surface area contributed by atoms with E-state index in [0.717, 1.165) is 0 Å². The van der Waals surface area contributed by atoms with Gasteiger partial charge in [0.05, 0.1) is 0 Å². The zero-order chi connectivity index (χ0) is 12.3. The van der Waals surface area contributed by atoms with Crippen LogP contribution in [0.3, 0.4) is 0 Å². The predicted molar refractivity (Wildman–Crippen MR) is 70.0 cm³/mol. The van der Waals surface area contributed by atoms with Gasteiger partial charge in [0.15, 0.2) is 0 Å². The van der Waals surface area contributed by atoms with Gasteiger partial charge in [0, 0.05) is 6.04 Å². The van der Waals surface area contributed by atoms with E-state index in [2.05, 4.69) is 58.2 Å². The quantitative estimate of drug-likeness (QED) is 0.604. The summed E-state index contributed by atoms with van der Waals surface area (Å²) in [6, 6.07) is 6.78. The van der Waals surface area contributed by atoms with Crippen LogP contribution < -0.4 is 11.3 Å². The molecule has 3 N–H and O–H groups in total. The van der Waals surface area contributed by atoms with E-state index in [-0.39, 0.29) is 6.04 Å². The first-order valence-corrected chi connectivity index (χ1v) is 6.00. The second-order valence-electron chi connectivity index (χ2n) is 5.11. The highest BCUT2D eigenvalue weighted by molar-refractivity contribution is 5.33. The molecule has 0 fully saturated rings. The minimum atomic E-state index is 0.236. The molecule has 0 spiro atoms. The third-order valence-electron chi connectivity index (χ3n) is 3.53. The molecule has 0 aliphatic rings. The summed E-state index contributed by atoms with van der Waals surface area (Å²) in [5, 5.41) is 0. The number of hydrazine groups is 1. The van der Waals surface area contributed by atoms with Gasteiger partial charge in [0.1, 0.15) is 0 Å². The fourth-order valence-corrected chi connectivity index (χ4v) is 2.00. The fourth-order valence-electron chi connectivity index (χ4n) is 2.00. The molecule has 2 nitrogen and oxygen atoms in total. The van der Waals surface area contributed by atoms with Crippen molar-refractivity contribution in [3.63, 3.8) is 0 Å². The van der Waals surface area contributed by atoms with Crippen LogP contribution in [-0.2, 0) is 0 Å². The molecule has 0 heterocycles. The molecule has 16 heavy (non-hydrogen) atoms. The average molecular weight is 220 g/mol. The number of nitrogens with one attached hydrogen (secondary N) is 1. The zero-order valence-electron chi connectivity index (χ0n) is 11.0. The SMILES string of the molecule is Cc1ccc(C)c(C(NN)C(C)C(C)C)c1. The van der Waals surface area contributed by atoms with Crippen LogP contribution in [-0.4, -0.2) is 0 Å². The topological polar surface area (TPSA) is 38.0 Å². The monoisotopic (exact) mass is 220 g/mol. The van der Waals surface area contributed by atoms with Crippen LogP contribution in [0.15, 0.2) is 18.2 Å². The highest BCUT2D eigenvalue weighted by Gasteiger charge is 2.22. The summed E-state index contributed by atoms with van der Waals surface area (Å²) >= 11 is 0. The van der Waals surface area contributed by atoms with Crippen LogP contribution in [0.4, 0.5) is 0 Å². The molecular weight excluding hydrogens is 196 g/mol. The highest BCUT2D eigenvalue weighted by Crippen LogP contribution is 2.29. The summed E-state index contributed by atoms with van der Waals surface area (Å²) in [5.74, 6) is 6.84. The van der Waals surface area contributed by atoms with Crippen molar-refractivity contribution in [1.82, 2.24) is 5.43 Å². The van der Waals surface area contributed by atoms with E-state index >= 15 is 0 Å². The molecule has 0 saturated heterocycles. The first kappa shape index (κ1) is 13.2. The maximum atomic E-state index is 5.71. The lowest BCUT2D eigenvalue weighted by atomic mass is 9.84. The second-order valence-corrected chi connectivity index (χ2v) is 5.11. The minimum absolute atomic E-state index is 0.236. The van der Waals surface area contributed by atoms with Crippen LogP contribution in [0.5, 0.6) is 0 Å². The van der Waals surface area contributed by atoms with Crippen molar-refractivity contribution in [3.8, 4) is 0 Å². The van der Waals surface area contributed by atoms with Crippen molar-refractivity contribution in [2.45, 2.75) is 40.7 Å². The van der Waals surface area contributed by atoms with Gasteiger partial charge in [0.25, 0.3) is 0 Å². The summed E-state index contributed by atoms with van der Waals surface area (Å²) in [6.45, 7) is 11.0. The van der Waals surface area contributed by atoms with Gasteiger partial charge in [-0.05, 0) is 36.8 Å². The van der Waals surface area contributed by atoms with Crippen molar-refractivity contribution >= 4 is 0 Å². The van der Waals surface area contributed by atoms with E-state index < -0.39 is 0 Å². The van der Waals surface area contributed by atoms with E-state index in [1.165, 1.54) is 16.7 Å². The van der Waals surface area contributed by atoms with Crippen molar-refractivity contribution in [1.29, 1.82) is 0 Å². The number of hydrogen-bond donors (Lipinski definition) is 2. The molecule has 0 saturated carbocycles. The van der Waals surface area contributed by atoms with Gasteiger partial charge in [-0.1, -0.05) is 44.5 Å². The van der Waals surface area contributed by atoms with Crippen LogP contribution in [0.25, 0.3) is 0 Å². The Balaban J connectivity index is 3.07. The molecule has 0 bridgehead atoms. The minimum Gasteiger partial charge on any atom is -0.271 e. The Morgan fingerprint density at radius 2 is 1.75 bits per heavy atom. The van der Waals surface area contributed by atoms with Crippen molar-refractivity contribution in [2.75, 3.05) is 0 Å². The molecule has 2 unspecified atom stereocenters. The Labute approximate surface area is 99.2 Å². The summed E-state index contributed by atoms with van der Waals surface area (Å²) in [5.41, 5.74) is 6.89. The Bertz CT molecular complexity index is 345. The van der Waals surface area contributed by atoms with Crippen molar-refractivity contribution in [2.24, 2.45) is 17.7 Å². The molecule has 0 amide bonds. The second kappa shape index (κ2) is 5.46. The van der Waals surface area contributed by atoms with Gasteiger partial charge < -0.3 is 0 Å². The van der Waals surface area contributed by atoms with E-state index in [1.54, 1.807) is 0 Å². The molecular formula is C14H24N2. The van der Waals surface area contributed by atoms with Crippen molar-refractivity contribution in [3.05, 3.63) is 34.9 Å². The molecule has 0 aliphatic carbocycles. The summed E-state index contributed by atoms with van der Waals surface area (Å²) in [6.07, 6.45) is 0. The van der Waals surface area contributed by atoms with Crippen LogP contribution in [0, 0.1) is 25.7 Å². The molecule has 2 atom stereocenters. The lowest BCUT2D eigenvalue weighted by molar-refractivity contribution is 0.305. The Morgan fingerprint density at radius 1 is 1.12 bits per heavy atom. The molecule has 0 radical (unpaired) electrons. The molecule has 0 aliphatic heterocycles. The number of rotatable bonds is 4. The smallest absolute Gasteiger partial charge is 0.0490 e. The Hall–Kier alpha value is -0.860. The van der Waals surface area contributed by atoms with E-state index in [9.17, 15) is 0 Å². The number of nitrogens with two attached hydrogens (primary N) is 1. The third kappa shape index (κ3) is 2.83. The van der Waals surface area contributed by atoms with Crippen LogP contribution in [0.2, 0.25) is 0 Å². The molecule has 90 valence electrons.